The van der Waals surface area contributed by atoms with Crippen LogP contribution in [0.25, 0.3) is 76.9 Å². The summed E-state index contributed by atoms with van der Waals surface area (Å²) in [7, 11) is 0. The molecule has 5 heteroatoms. The Morgan fingerprint density at radius 3 is 2.24 bits per heavy atom. The second-order valence-corrected chi connectivity index (χ2v) is 13.6. The molecule has 1 aliphatic heterocycles. The van der Waals surface area contributed by atoms with Crippen molar-refractivity contribution in [2.45, 2.75) is 6.17 Å². The largest absolute Gasteiger partial charge is 0.456 e. The van der Waals surface area contributed by atoms with Gasteiger partial charge in [0.1, 0.15) is 28.2 Å². The Balaban J connectivity index is 1.06. The molecule has 0 saturated heterocycles. The number of hydrogen-bond acceptors (Lipinski definition) is 5. The van der Waals surface area contributed by atoms with Crippen LogP contribution in [0.15, 0.2) is 183 Å². The summed E-state index contributed by atoms with van der Waals surface area (Å²) in [6.07, 6.45) is -0.446. The zero-order valence-corrected chi connectivity index (χ0v) is 28.9. The van der Waals surface area contributed by atoms with Gasteiger partial charge in [-0.1, -0.05) is 133 Å². The van der Waals surface area contributed by atoms with Gasteiger partial charge in [0.05, 0.1) is 0 Å². The predicted octanol–water partition coefficient (Wildman–Crippen LogP) is 12.1. The molecular formula is C49H29N3O2. The zero-order chi connectivity index (χ0) is 35.6. The molecule has 1 unspecified atom stereocenters. The maximum atomic E-state index is 6.57. The molecule has 0 amide bonds. The maximum Gasteiger partial charge on any atom is 0.159 e. The summed E-state index contributed by atoms with van der Waals surface area (Å²) in [5.41, 5.74) is 10.3. The van der Waals surface area contributed by atoms with Crippen molar-refractivity contribution in [3.05, 3.63) is 193 Å². The van der Waals surface area contributed by atoms with Crippen molar-refractivity contribution < 1.29 is 8.83 Å². The number of rotatable bonds is 5. The van der Waals surface area contributed by atoms with Crippen LogP contribution in [0.3, 0.4) is 0 Å². The van der Waals surface area contributed by atoms with Gasteiger partial charge in [-0.2, -0.15) is 0 Å². The highest BCUT2D eigenvalue weighted by molar-refractivity contribution is 6.17. The van der Waals surface area contributed by atoms with Crippen molar-refractivity contribution in [3.63, 3.8) is 0 Å². The van der Waals surface area contributed by atoms with E-state index in [1.807, 2.05) is 42.5 Å². The van der Waals surface area contributed by atoms with E-state index < -0.39 is 6.17 Å². The fourth-order valence-electron chi connectivity index (χ4n) is 7.84. The van der Waals surface area contributed by atoms with Crippen LogP contribution >= 0.6 is 0 Å². The summed E-state index contributed by atoms with van der Waals surface area (Å²) in [6.45, 7) is 0. The lowest BCUT2D eigenvalue weighted by molar-refractivity contribution is 0.628. The molecule has 0 aliphatic carbocycles. The van der Waals surface area contributed by atoms with Gasteiger partial charge in [-0.3, -0.25) is 0 Å². The average molecular weight is 692 g/mol. The van der Waals surface area contributed by atoms with Gasteiger partial charge in [0.15, 0.2) is 12.0 Å². The Kier molecular flexibility index (Phi) is 6.76. The second-order valence-electron chi connectivity index (χ2n) is 13.6. The first-order valence-electron chi connectivity index (χ1n) is 18.0. The number of fused-ring (bicyclic) bond motifs is 7. The number of aliphatic imine (C=N–C) groups is 2. The summed E-state index contributed by atoms with van der Waals surface area (Å²) < 4.78 is 13.1. The molecular weight excluding hydrogens is 663 g/mol. The van der Waals surface area contributed by atoms with E-state index in [0.29, 0.717) is 5.84 Å². The van der Waals surface area contributed by atoms with Gasteiger partial charge >= 0.3 is 0 Å². The fourth-order valence-corrected chi connectivity index (χ4v) is 7.84. The highest BCUT2D eigenvalue weighted by atomic mass is 16.3. The van der Waals surface area contributed by atoms with E-state index in [4.69, 9.17) is 18.8 Å². The summed E-state index contributed by atoms with van der Waals surface area (Å²) >= 11 is 0. The molecule has 1 N–H and O–H groups in total. The first kappa shape index (κ1) is 30.2. The summed E-state index contributed by atoms with van der Waals surface area (Å²) in [6, 6.07) is 62.5. The van der Waals surface area contributed by atoms with Gasteiger partial charge in [0.25, 0.3) is 0 Å². The van der Waals surface area contributed by atoms with Crippen molar-refractivity contribution in [2.75, 3.05) is 0 Å². The minimum atomic E-state index is -0.446. The number of hydrogen-bond donors (Lipinski definition) is 1. The van der Waals surface area contributed by atoms with E-state index in [0.717, 1.165) is 94.0 Å². The molecule has 3 heterocycles. The van der Waals surface area contributed by atoms with Crippen molar-refractivity contribution in [1.29, 1.82) is 0 Å². The van der Waals surface area contributed by atoms with Crippen molar-refractivity contribution >= 4 is 66.3 Å². The van der Waals surface area contributed by atoms with Gasteiger partial charge in [-0.05, 0) is 64.4 Å². The molecule has 8 aromatic carbocycles. The zero-order valence-electron chi connectivity index (χ0n) is 28.9. The molecule has 0 spiro atoms. The third-order valence-electron chi connectivity index (χ3n) is 10.4. The number of amidine groups is 2. The molecule has 1 atom stereocenters. The van der Waals surface area contributed by atoms with Gasteiger partial charge < -0.3 is 14.2 Å². The van der Waals surface area contributed by atoms with E-state index in [2.05, 4.69) is 139 Å². The van der Waals surface area contributed by atoms with Gasteiger partial charge in [0.2, 0.25) is 0 Å². The summed E-state index contributed by atoms with van der Waals surface area (Å²) in [4.78, 5) is 10.5. The van der Waals surface area contributed by atoms with Crippen LogP contribution in [0.1, 0.15) is 22.9 Å². The predicted molar refractivity (Wildman–Crippen MR) is 219 cm³/mol. The van der Waals surface area contributed by atoms with Crippen LogP contribution in [0.2, 0.25) is 0 Å². The third kappa shape index (κ3) is 4.89. The average Bonchev–Trinajstić information content (AvgIpc) is 3.83. The van der Waals surface area contributed by atoms with E-state index >= 15 is 0 Å². The van der Waals surface area contributed by atoms with Crippen LogP contribution < -0.4 is 5.32 Å². The van der Waals surface area contributed by atoms with E-state index in [1.54, 1.807) is 0 Å². The maximum absolute atomic E-state index is 6.57. The van der Waals surface area contributed by atoms with Gasteiger partial charge in [-0.25, -0.2) is 9.98 Å². The topological polar surface area (TPSA) is 63.0 Å². The van der Waals surface area contributed by atoms with Gasteiger partial charge in [-0.15, -0.1) is 0 Å². The Morgan fingerprint density at radius 2 is 1.30 bits per heavy atom. The molecule has 1 aliphatic rings. The first-order valence-corrected chi connectivity index (χ1v) is 18.0. The Labute approximate surface area is 310 Å². The molecule has 54 heavy (non-hydrogen) atoms. The molecule has 0 radical (unpaired) electrons. The Bertz CT molecular complexity index is 3150. The standard InChI is InChI=1S/C49H29N3O2/c1-2-13-31(14-3-1)37-20-9-22-40-44-36(19-11-25-43(44)54-45(37)40)33-16-8-17-34(29-33)47-50-48(35-27-26-30-12-4-5-15-32(30)28-35)52-49(51-47)41-23-10-21-39-38-18-6-7-24-42(38)53-46(39)41/h1-2,4-13,15-29,49H,(H,50,51,52). The van der Waals surface area contributed by atoms with Crippen LogP contribution in [-0.4, -0.2) is 11.7 Å². The molecule has 252 valence electrons. The quantitative estimate of drug-likeness (QED) is 0.195. The van der Waals surface area contributed by atoms with E-state index in [9.17, 15) is 0 Å². The van der Waals surface area contributed by atoms with Crippen LogP contribution in [0.4, 0.5) is 0 Å². The second kappa shape index (κ2) is 12.1. The molecule has 2 aromatic heterocycles. The Hall–Kier alpha value is -7.42. The molecule has 0 bridgehead atoms. The van der Waals surface area contributed by atoms with E-state index in [-0.39, 0.29) is 0 Å². The Morgan fingerprint density at radius 1 is 0.537 bits per heavy atom. The van der Waals surface area contributed by atoms with Gasteiger partial charge in [0, 0.05) is 49.4 Å². The minimum Gasteiger partial charge on any atom is -0.456 e. The molecule has 11 rings (SSSR count). The lowest BCUT2D eigenvalue weighted by Gasteiger charge is -2.24. The number of nitrogens with one attached hydrogen (secondary N) is 1. The third-order valence-corrected chi connectivity index (χ3v) is 10.4. The number of furan rings is 2. The molecule has 10 aromatic rings. The van der Waals surface area contributed by atoms with Crippen molar-refractivity contribution in [3.8, 4) is 22.3 Å². The first-order chi connectivity index (χ1) is 26.7. The number of para-hydroxylation sites is 3. The van der Waals surface area contributed by atoms with Crippen molar-refractivity contribution in [2.24, 2.45) is 9.98 Å². The molecule has 0 fully saturated rings. The lowest BCUT2D eigenvalue weighted by atomic mass is 9.96. The smallest absolute Gasteiger partial charge is 0.159 e. The minimum absolute atomic E-state index is 0.446. The van der Waals surface area contributed by atoms with Crippen LogP contribution in [0, 0.1) is 12.1 Å². The molecule has 5 nitrogen and oxygen atoms in total. The number of benzene rings is 7. The van der Waals surface area contributed by atoms with Crippen molar-refractivity contribution in [1.82, 2.24) is 5.32 Å². The number of nitrogens with zero attached hydrogens (tertiary/aromatic N) is 2. The monoisotopic (exact) mass is 691 g/mol. The van der Waals surface area contributed by atoms with Crippen LogP contribution in [-0.2, 0) is 0 Å². The van der Waals surface area contributed by atoms with E-state index in [1.165, 1.54) is 5.39 Å². The van der Waals surface area contributed by atoms with Crippen LogP contribution in [0.5, 0.6) is 0 Å². The molecule has 0 saturated carbocycles. The summed E-state index contributed by atoms with van der Waals surface area (Å²) in [5, 5.41) is 10.3. The highest BCUT2D eigenvalue weighted by Crippen LogP contribution is 2.41. The summed E-state index contributed by atoms with van der Waals surface area (Å²) in [5.74, 6) is 1.39. The highest BCUT2D eigenvalue weighted by Gasteiger charge is 2.25. The normalized spacial score (nSPS) is 14.3. The fraction of sp³-hybridized carbons (Fsp3) is 0.0204. The lowest BCUT2D eigenvalue weighted by Crippen LogP contribution is -2.33. The SMILES string of the molecule is c1cccc(-c2cccc3c2oc2cccc(-c4cccc(C5=NC(c6ccc7ccccc7c6)=NC(c6cccc7c6oc6ccccc67)N5)c4)c23)c#1.